The summed E-state index contributed by atoms with van der Waals surface area (Å²) in [5.74, 6) is -0.179. The Balaban J connectivity index is 1.57. The zero-order valence-corrected chi connectivity index (χ0v) is 23.3. The molecule has 1 aliphatic heterocycles. The molecule has 194 valence electrons. The van der Waals surface area contributed by atoms with Crippen LogP contribution < -0.4 is 5.32 Å². The van der Waals surface area contributed by atoms with Crippen LogP contribution in [-0.2, 0) is 11.3 Å². The van der Waals surface area contributed by atoms with Crippen molar-refractivity contribution in [3.8, 4) is 9.88 Å². The summed E-state index contributed by atoms with van der Waals surface area (Å²) >= 11 is 9.16. The molecule has 4 aromatic rings. The Hall–Kier alpha value is -2.79. The number of rotatable bonds is 7. The average molecular weight is 558 g/mol. The van der Waals surface area contributed by atoms with Gasteiger partial charge in [0, 0.05) is 23.2 Å². The second kappa shape index (κ2) is 10.9. The van der Waals surface area contributed by atoms with E-state index in [1.165, 1.54) is 18.4 Å². The number of imidazole rings is 1. The second-order valence-electron chi connectivity index (χ2n) is 9.24. The summed E-state index contributed by atoms with van der Waals surface area (Å²) in [5, 5.41) is 4.25. The van der Waals surface area contributed by atoms with Gasteiger partial charge in [0.05, 0.1) is 39.5 Å². The number of carbonyl (C=O) groups is 2. The molecule has 1 aliphatic rings. The zero-order valence-electron chi connectivity index (χ0n) is 20.9. The van der Waals surface area contributed by atoms with Crippen molar-refractivity contribution in [3.63, 3.8) is 0 Å². The van der Waals surface area contributed by atoms with Crippen molar-refractivity contribution in [1.29, 1.82) is 0 Å². The van der Waals surface area contributed by atoms with Gasteiger partial charge in [-0.05, 0) is 70.1 Å². The molecule has 11 heteroatoms. The van der Waals surface area contributed by atoms with Gasteiger partial charge in [-0.15, -0.1) is 22.7 Å². The minimum absolute atomic E-state index is 0.0214. The van der Waals surface area contributed by atoms with Gasteiger partial charge in [-0.2, -0.15) is 0 Å². The number of hydrogen-bond acceptors (Lipinski definition) is 8. The molecule has 1 fully saturated rings. The summed E-state index contributed by atoms with van der Waals surface area (Å²) in [5.41, 5.74) is 1.77. The Kier molecular flexibility index (Phi) is 7.62. The van der Waals surface area contributed by atoms with Crippen molar-refractivity contribution in [2.45, 2.75) is 45.3 Å². The maximum Gasteiger partial charge on any atom is 0.337 e. The molecular formula is C26H28ClN5O3S2. The molecule has 5 rings (SSSR count). The third-order valence-electron chi connectivity index (χ3n) is 6.51. The summed E-state index contributed by atoms with van der Waals surface area (Å²) in [6.07, 6.45) is 3.63. The standard InChI is InChI=1S/C26H28ClN5O3S2/c1-15(2)32(17-8-10-28-11-9-17)25(33)23-30-19-5-4-16(26(34)35-3)12-20(19)31(23)14-18-13-29-24(36-18)21-6-7-22(27)37-21/h4-7,12-13,15,17,28H,8-11,14H2,1-3H3. The molecule has 0 unspecified atom stereocenters. The summed E-state index contributed by atoms with van der Waals surface area (Å²) in [7, 11) is 1.36. The molecule has 0 saturated carbocycles. The SMILES string of the molecule is COC(=O)c1ccc2nc(C(=O)N(C(C)C)C3CCNCC3)n(Cc3cnc(-c4ccc(Cl)s4)s3)c2c1. The number of nitrogens with zero attached hydrogens (tertiary/aromatic N) is 4. The van der Waals surface area contributed by atoms with E-state index in [1.54, 1.807) is 29.5 Å². The van der Waals surface area contributed by atoms with E-state index in [2.05, 4.69) is 10.3 Å². The monoisotopic (exact) mass is 557 g/mol. The zero-order chi connectivity index (χ0) is 26.1. The molecule has 0 radical (unpaired) electrons. The Morgan fingerprint density at radius 3 is 2.68 bits per heavy atom. The number of hydrogen-bond donors (Lipinski definition) is 1. The quantitative estimate of drug-likeness (QED) is 0.310. The molecule has 1 N–H and O–H groups in total. The number of esters is 1. The minimum Gasteiger partial charge on any atom is -0.465 e. The average Bonchev–Trinajstić information content (AvgIpc) is 3.63. The molecule has 8 nitrogen and oxygen atoms in total. The number of piperidine rings is 1. The van der Waals surface area contributed by atoms with Gasteiger partial charge >= 0.3 is 5.97 Å². The van der Waals surface area contributed by atoms with Crippen LogP contribution in [0.1, 0.15) is 52.5 Å². The lowest BCUT2D eigenvalue weighted by Gasteiger charge is -2.37. The minimum atomic E-state index is -0.435. The fourth-order valence-electron chi connectivity index (χ4n) is 4.79. The normalized spacial score (nSPS) is 14.4. The first-order chi connectivity index (χ1) is 17.9. The number of aromatic nitrogens is 3. The molecule has 3 aromatic heterocycles. The summed E-state index contributed by atoms with van der Waals surface area (Å²) in [6, 6.07) is 9.18. The van der Waals surface area contributed by atoms with E-state index in [9.17, 15) is 9.59 Å². The lowest BCUT2D eigenvalue weighted by atomic mass is 10.0. The van der Waals surface area contributed by atoms with Crippen molar-refractivity contribution >= 4 is 57.2 Å². The second-order valence-corrected chi connectivity index (χ2v) is 12.1. The van der Waals surface area contributed by atoms with E-state index in [4.69, 9.17) is 21.3 Å². The highest BCUT2D eigenvalue weighted by Crippen LogP contribution is 2.34. The van der Waals surface area contributed by atoms with Crippen molar-refractivity contribution in [2.75, 3.05) is 20.2 Å². The van der Waals surface area contributed by atoms with Crippen LogP contribution in [0.3, 0.4) is 0 Å². The number of halogens is 1. The number of amides is 1. The molecule has 0 bridgehead atoms. The van der Waals surface area contributed by atoms with E-state index in [-0.39, 0.29) is 18.0 Å². The molecule has 0 spiro atoms. The largest absolute Gasteiger partial charge is 0.465 e. The highest BCUT2D eigenvalue weighted by molar-refractivity contribution is 7.23. The van der Waals surface area contributed by atoms with Crippen LogP contribution in [-0.4, -0.2) is 63.6 Å². The van der Waals surface area contributed by atoms with Gasteiger partial charge in [-0.3, -0.25) is 4.79 Å². The first kappa shape index (κ1) is 25.8. The molecule has 0 aliphatic carbocycles. The first-order valence-corrected chi connectivity index (χ1v) is 14.2. The van der Waals surface area contributed by atoms with E-state index >= 15 is 0 Å². The van der Waals surface area contributed by atoms with E-state index < -0.39 is 5.97 Å². The highest BCUT2D eigenvalue weighted by atomic mass is 35.5. The lowest BCUT2D eigenvalue weighted by Crippen LogP contribution is -2.50. The number of benzene rings is 1. The smallest absolute Gasteiger partial charge is 0.337 e. The number of ether oxygens (including phenoxy) is 1. The van der Waals surface area contributed by atoms with Crippen molar-refractivity contribution in [2.24, 2.45) is 0 Å². The molecule has 4 heterocycles. The maximum absolute atomic E-state index is 14.1. The Bertz CT molecular complexity index is 1440. The Morgan fingerprint density at radius 2 is 2.00 bits per heavy atom. The number of thiophene rings is 1. The topological polar surface area (TPSA) is 89.4 Å². The predicted molar refractivity (Wildman–Crippen MR) is 148 cm³/mol. The van der Waals surface area contributed by atoms with Crippen LogP contribution in [0.25, 0.3) is 20.9 Å². The number of nitrogens with one attached hydrogen (secondary N) is 1. The van der Waals surface area contributed by atoms with Crippen LogP contribution in [0.4, 0.5) is 0 Å². The number of carbonyl (C=O) groups excluding carboxylic acids is 2. The summed E-state index contributed by atoms with van der Waals surface area (Å²) in [4.78, 5) is 39.7. The molecule has 37 heavy (non-hydrogen) atoms. The summed E-state index contributed by atoms with van der Waals surface area (Å²) in [6.45, 7) is 6.26. The lowest BCUT2D eigenvalue weighted by molar-refractivity contribution is 0.0548. The Morgan fingerprint density at radius 1 is 1.22 bits per heavy atom. The molecule has 1 saturated heterocycles. The fourth-order valence-corrected chi connectivity index (χ4v) is 6.80. The van der Waals surface area contributed by atoms with Crippen LogP contribution >= 0.6 is 34.3 Å². The van der Waals surface area contributed by atoms with E-state index in [0.717, 1.165) is 40.7 Å². The van der Waals surface area contributed by atoms with E-state index in [1.807, 2.05) is 41.6 Å². The van der Waals surface area contributed by atoms with E-state index in [0.29, 0.717) is 33.3 Å². The molecule has 1 amide bonds. The van der Waals surface area contributed by atoms with Gasteiger partial charge in [-0.1, -0.05) is 11.6 Å². The maximum atomic E-state index is 14.1. The molecule has 1 aromatic carbocycles. The van der Waals surface area contributed by atoms with Crippen LogP contribution in [0.5, 0.6) is 0 Å². The van der Waals surface area contributed by atoms with Crippen molar-refractivity contribution in [3.05, 3.63) is 57.1 Å². The number of fused-ring (bicyclic) bond motifs is 1. The van der Waals surface area contributed by atoms with Gasteiger partial charge in [0.1, 0.15) is 5.01 Å². The van der Waals surface area contributed by atoms with Gasteiger partial charge in [0.2, 0.25) is 5.82 Å². The first-order valence-electron chi connectivity index (χ1n) is 12.2. The van der Waals surface area contributed by atoms with Crippen molar-refractivity contribution in [1.82, 2.24) is 24.8 Å². The van der Waals surface area contributed by atoms with Crippen LogP contribution in [0.15, 0.2) is 36.5 Å². The van der Waals surface area contributed by atoms with Gasteiger partial charge in [0.15, 0.2) is 0 Å². The Labute approximate surface area is 228 Å². The predicted octanol–water partition coefficient (Wildman–Crippen LogP) is 5.31. The fraction of sp³-hybridized carbons (Fsp3) is 0.385. The highest BCUT2D eigenvalue weighted by Gasteiger charge is 2.32. The van der Waals surface area contributed by atoms with Crippen LogP contribution in [0.2, 0.25) is 4.34 Å². The summed E-state index contributed by atoms with van der Waals surface area (Å²) < 4.78 is 7.55. The molecule has 0 atom stereocenters. The third kappa shape index (κ3) is 5.29. The molecular weight excluding hydrogens is 530 g/mol. The van der Waals surface area contributed by atoms with Gasteiger partial charge in [0.25, 0.3) is 5.91 Å². The van der Waals surface area contributed by atoms with Crippen LogP contribution in [0, 0.1) is 0 Å². The van der Waals surface area contributed by atoms with Gasteiger partial charge < -0.3 is 19.5 Å². The third-order valence-corrected chi connectivity index (χ3v) is 8.89. The van der Waals surface area contributed by atoms with Gasteiger partial charge in [-0.25, -0.2) is 14.8 Å². The number of thiazole rings is 1. The number of methoxy groups -OCH3 is 1. The van der Waals surface area contributed by atoms with Crippen molar-refractivity contribution < 1.29 is 14.3 Å².